The minimum absolute atomic E-state index is 0.102. The van der Waals surface area contributed by atoms with Gasteiger partial charge in [-0.3, -0.25) is 4.72 Å². The second kappa shape index (κ2) is 9.63. The van der Waals surface area contributed by atoms with E-state index < -0.39 is 22.4 Å². The highest BCUT2D eigenvalue weighted by molar-refractivity contribution is 7.89. The summed E-state index contributed by atoms with van der Waals surface area (Å²) in [5.74, 6) is -1.55. The van der Waals surface area contributed by atoms with Crippen molar-refractivity contribution < 1.29 is 36.2 Å². The van der Waals surface area contributed by atoms with Crippen LogP contribution in [0, 0.1) is 6.92 Å². The van der Waals surface area contributed by atoms with Crippen LogP contribution in [0.5, 0.6) is 5.75 Å². The summed E-state index contributed by atoms with van der Waals surface area (Å²) >= 11 is 1.29. The molecule has 0 fully saturated rings. The Hall–Kier alpha value is -3.38. The Balaban J connectivity index is 1.62. The number of nitrogens with zero attached hydrogens (tertiary/aromatic N) is 1. The number of halogens is 3. The van der Waals surface area contributed by atoms with Crippen LogP contribution in [0.2, 0.25) is 0 Å². The zero-order valence-corrected chi connectivity index (χ0v) is 18.6. The summed E-state index contributed by atoms with van der Waals surface area (Å²) in [6.45, 7) is 1.57. The molecule has 12 heteroatoms. The van der Waals surface area contributed by atoms with E-state index in [1.165, 1.54) is 60.0 Å². The topological polar surface area (TPSA) is 106 Å². The van der Waals surface area contributed by atoms with Gasteiger partial charge in [0.05, 0.1) is 16.2 Å². The number of aromatic carboxylic acids is 1. The number of carboxylic acid groups (broad SMARTS) is 1. The second-order valence-corrected chi connectivity index (χ2v) is 9.30. The maximum atomic E-state index is 12.4. The van der Waals surface area contributed by atoms with Crippen molar-refractivity contribution in [2.45, 2.75) is 24.6 Å². The van der Waals surface area contributed by atoms with Gasteiger partial charge in [0.1, 0.15) is 10.8 Å². The molecular weight excluding hydrogens is 481 g/mol. The molecule has 174 valence electrons. The monoisotopic (exact) mass is 498 g/mol. The molecule has 0 spiro atoms. The summed E-state index contributed by atoms with van der Waals surface area (Å²) in [4.78, 5) is 15.4. The van der Waals surface area contributed by atoms with Crippen molar-refractivity contribution in [2.75, 3.05) is 0 Å². The van der Waals surface area contributed by atoms with E-state index >= 15 is 0 Å². The maximum absolute atomic E-state index is 12.4. The fourth-order valence-electron chi connectivity index (χ4n) is 2.72. The Bertz CT molecular complexity index is 1280. The standard InChI is InChI=1S/C21H17F3N2O5S2/c1-13-4-9-17(11-18(13)20(27)28)33(29,30)25-10-2-3-15-12-32-19(26-15)14-5-7-16(8-6-14)31-21(22,23)24/h2,4-12,25H,3H2,1H3,(H,27,28)/b10-2+. The molecule has 0 bridgehead atoms. The molecule has 3 aromatic rings. The number of carbonyl (C=O) groups is 1. The molecule has 33 heavy (non-hydrogen) atoms. The number of aryl methyl sites for hydroxylation is 1. The van der Waals surface area contributed by atoms with Gasteiger partial charge in [-0.05, 0) is 48.9 Å². The number of alkyl halides is 3. The Kier molecular flexibility index (Phi) is 7.08. The molecule has 2 N–H and O–H groups in total. The van der Waals surface area contributed by atoms with Gasteiger partial charge in [0.2, 0.25) is 0 Å². The number of nitrogens with one attached hydrogen (secondary N) is 1. The number of benzene rings is 2. The molecule has 0 aliphatic rings. The van der Waals surface area contributed by atoms with E-state index in [-0.39, 0.29) is 16.2 Å². The first-order valence-corrected chi connectivity index (χ1v) is 11.6. The number of hydrogen-bond acceptors (Lipinski definition) is 6. The molecule has 1 heterocycles. The maximum Gasteiger partial charge on any atom is 0.573 e. The van der Waals surface area contributed by atoms with Crippen LogP contribution < -0.4 is 9.46 Å². The Morgan fingerprint density at radius 3 is 2.55 bits per heavy atom. The van der Waals surface area contributed by atoms with Gasteiger partial charge in [-0.15, -0.1) is 24.5 Å². The van der Waals surface area contributed by atoms with Crippen LogP contribution in [-0.2, 0) is 16.4 Å². The zero-order valence-electron chi connectivity index (χ0n) is 17.0. The predicted octanol–water partition coefficient (Wildman–Crippen LogP) is 4.75. The summed E-state index contributed by atoms with van der Waals surface area (Å²) in [5, 5.41) is 11.5. The minimum atomic E-state index is -4.76. The fraction of sp³-hybridized carbons (Fsp3) is 0.143. The average molecular weight is 499 g/mol. The van der Waals surface area contributed by atoms with Gasteiger partial charge in [-0.1, -0.05) is 12.1 Å². The van der Waals surface area contributed by atoms with E-state index in [2.05, 4.69) is 14.4 Å². The van der Waals surface area contributed by atoms with E-state index in [9.17, 15) is 26.4 Å². The number of hydrogen-bond donors (Lipinski definition) is 2. The SMILES string of the molecule is Cc1ccc(S(=O)(=O)N/C=C/Cc2csc(-c3ccc(OC(F)(F)F)cc3)n2)cc1C(=O)O. The van der Waals surface area contributed by atoms with E-state index in [0.717, 1.165) is 6.07 Å². The lowest BCUT2D eigenvalue weighted by atomic mass is 10.1. The highest BCUT2D eigenvalue weighted by atomic mass is 32.2. The van der Waals surface area contributed by atoms with Crippen LogP contribution in [0.3, 0.4) is 0 Å². The van der Waals surface area contributed by atoms with Gasteiger partial charge in [0.15, 0.2) is 0 Å². The summed E-state index contributed by atoms with van der Waals surface area (Å²) in [6.07, 6.45) is -1.72. The lowest BCUT2D eigenvalue weighted by molar-refractivity contribution is -0.274. The largest absolute Gasteiger partial charge is 0.573 e. The third kappa shape index (κ3) is 6.56. The molecular formula is C21H17F3N2O5S2. The minimum Gasteiger partial charge on any atom is -0.478 e. The number of carboxylic acids is 1. The van der Waals surface area contributed by atoms with Crippen molar-refractivity contribution in [1.82, 2.24) is 9.71 Å². The lowest BCUT2D eigenvalue weighted by Crippen LogP contribution is -2.18. The highest BCUT2D eigenvalue weighted by Crippen LogP contribution is 2.28. The number of thiazole rings is 1. The quantitative estimate of drug-likeness (QED) is 0.464. The first kappa shape index (κ1) is 24.3. The fourth-order valence-corrected chi connectivity index (χ4v) is 4.49. The van der Waals surface area contributed by atoms with Gasteiger partial charge < -0.3 is 9.84 Å². The van der Waals surface area contributed by atoms with Gasteiger partial charge in [0, 0.05) is 23.6 Å². The van der Waals surface area contributed by atoms with Crippen LogP contribution in [0.4, 0.5) is 13.2 Å². The number of ether oxygens (including phenoxy) is 1. The van der Waals surface area contributed by atoms with E-state index in [1.807, 2.05) is 0 Å². The van der Waals surface area contributed by atoms with Crippen LogP contribution >= 0.6 is 11.3 Å². The normalized spacial score (nSPS) is 12.1. The third-order valence-electron chi connectivity index (χ3n) is 4.30. The summed E-state index contributed by atoms with van der Waals surface area (Å²) in [6, 6.07) is 9.13. The molecule has 0 unspecified atom stereocenters. The molecule has 0 saturated carbocycles. The molecule has 3 rings (SSSR count). The Labute approximate surface area is 191 Å². The van der Waals surface area contributed by atoms with Gasteiger partial charge in [-0.2, -0.15) is 0 Å². The number of rotatable bonds is 8. The first-order valence-electron chi connectivity index (χ1n) is 9.26. The van der Waals surface area contributed by atoms with Gasteiger partial charge in [-0.25, -0.2) is 18.2 Å². The number of aromatic nitrogens is 1. The molecule has 0 atom stereocenters. The molecule has 0 radical (unpaired) electrons. The summed E-state index contributed by atoms with van der Waals surface area (Å²) in [7, 11) is -3.95. The summed E-state index contributed by atoms with van der Waals surface area (Å²) < 4.78 is 67.6. The smallest absolute Gasteiger partial charge is 0.478 e. The lowest BCUT2D eigenvalue weighted by Gasteiger charge is -2.08. The third-order valence-corrected chi connectivity index (χ3v) is 6.57. The van der Waals surface area contributed by atoms with Crippen molar-refractivity contribution >= 4 is 27.3 Å². The van der Waals surface area contributed by atoms with Crippen molar-refractivity contribution in [3.63, 3.8) is 0 Å². The van der Waals surface area contributed by atoms with Crippen LogP contribution in [0.15, 0.2) is 65.0 Å². The van der Waals surface area contributed by atoms with E-state index in [4.69, 9.17) is 5.11 Å². The van der Waals surface area contributed by atoms with Gasteiger partial charge in [0.25, 0.3) is 10.0 Å². The number of sulfonamides is 1. The second-order valence-electron chi connectivity index (χ2n) is 6.73. The van der Waals surface area contributed by atoms with Gasteiger partial charge >= 0.3 is 12.3 Å². The van der Waals surface area contributed by atoms with Crippen LogP contribution in [0.1, 0.15) is 21.6 Å². The Morgan fingerprint density at radius 1 is 1.21 bits per heavy atom. The molecule has 1 aromatic heterocycles. The predicted molar refractivity (Wildman–Crippen MR) is 116 cm³/mol. The molecule has 0 saturated heterocycles. The molecule has 0 amide bonds. The van der Waals surface area contributed by atoms with Crippen molar-refractivity contribution in [1.29, 1.82) is 0 Å². The van der Waals surface area contributed by atoms with Crippen molar-refractivity contribution in [2.24, 2.45) is 0 Å². The molecule has 2 aromatic carbocycles. The average Bonchev–Trinajstić information content (AvgIpc) is 3.19. The zero-order chi connectivity index (χ0) is 24.2. The van der Waals surface area contributed by atoms with Crippen LogP contribution in [-0.4, -0.2) is 30.8 Å². The first-order chi connectivity index (χ1) is 15.4. The van der Waals surface area contributed by atoms with Crippen molar-refractivity contribution in [3.05, 3.63) is 76.9 Å². The van der Waals surface area contributed by atoms with E-state index in [1.54, 1.807) is 12.3 Å². The Morgan fingerprint density at radius 2 is 1.91 bits per heavy atom. The number of allylic oxidation sites excluding steroid dienone is 1. The van der Waals surface area contributed by atoms with Crippen LogP contribution in [0.25, 0.3) is 10.6 Å². The highest BCUT2D eigenvalue weighted by Gasteiger charge is 2.31. The molecule has 7 nitrogen and oxygen atoms in total. The molecule has 0 aliphatic heterocycles. The molecule has 0 aliphatic carbocycles. The van der Waals surface area contributed by atoms with Crippen molar-refractivity contribution in [3.8, 4) is 16.3 Å². The van der Waals surface area contributed by atoms with E-state index in [0.29, 0.717) is 28.2 Å². The summed E-state index contributed by atoms with van der Waals surface area (Å²) in [5.41, 5.74) is 1.58.